The van der Waals surface area contributed by atoms with Gasteiger partial charge in [0.15, 0.2) is 0 Å². The maximum atomic E-state index is 9.17. The summed E-state index contributed by atoms with van der Waals surface area (Å²) in [5, 5.41) is 9.17. The van der Waals surface area contributed by atoms with Crippen LogP contribution in [0.5, 0.6) is 5.75 Å². The van der Waals surface area contributed by atoms with Gasteiger partial charge in [-0.2, -0.15) is 5.26 Å². The highest BCUT2D eigenvalue weighted by molar-refractivity contribution is 5.43. The van der Waals surface area contributed by atoms with Crippen LogP contribution in [0.2, 0.25) is 0 Å². The van der Waals surface area contributed by atoms with Gasteiger partial charge in [0.25, 0.3) is 0 Å². The van der Waals surface area contributed by atoms with Gasteiger partial charge < -0.3 is 4.74 Å². The molecule has 0 radical (unpaired) electrons. The van der Waals surface area contributed by atoms with Crippen molar-refractivity contribution in [1.29, 1.82) is 5.26 Å². The van der Waals surface area contributed by atoms with Crippen LogP contribution in [0.1, 0.15) is 27.8 Å². The fourth-order valence-electron chi connectivity index (χ4n) is 2.88. The SMILES string of the molecule is COc1c(C)cc(CN(C)Cc2ccccc2C#N)cc1C. The summed E-state index contributed by atoms with van der Waals surface area (Å²) in [6.07, 6.45) is 0. The van der Waals surface area contributed by atoms with Crippen molar-refractivity contribution >= 4 is 0 Å². The molecule has 0 aromatic heterocycles. The van der Waals surface area contributed by atoms with Crippen molar-refractivity contribution in [2.45, 2.75) is 26.9 Å². The Labute approximate surface area is 132 Å². The molecule has 0 aliphatic heterocycles. The Bertz CT molecular complexity index is 678. The molecule has 2 aromatic rings. The zero-order valence-electron chi connectivity index (χ0n) is 13.7. The molecule has 3 heteroatoms. The number of nitrogens with zero attached hydrogens (tertiary/aromatic N) is 2. The molecule has 0 aliphatic rings. The summed E-state index contributed by atoms with van der Waals surface area (Å²) in [4.78, 5) is 2.22. The molecule has 0 spiro atoms. The second-order valence-corrected chi connectivity index (χ2v) is 5.70. The van der Waals surface area contributed by atoms with E-state index in [9.17, 15) is 0 Å². The molecule has 0 atom stereocenters. The van der Waals surface area contributed by atoms with Gasteiger partial charge in [0.05, 0.1) is 18.7 Å². The van der Waals surface area contributed by atoms with Crippen molar-refractivity contribution < 1.29 is 4.74 Å². The van der Waals surface area contributed by atoms with Gasteiger partial charge >= 0.3 is 0 Å². The van der Waals surface area contributed by atoms with Gasteiger partial charge in [-0.05, 0) is 49.2 Å². The maximum Gasteiger partial charge on any atom is 0.124 e. The number of nitriles is 1. The van der Waals surface area contributed by atoms with Gasteiger partial charge in [0.1, 0.15) is 5.75 Å². The number of ether oxygens (including phenoxy) is 1. The molecule has 0 saturated carbocycles. The molecule has 0 fully saturated rings. The van der Waals surface area contributed by atoms with Crippen LogP contribution in [0.4, 0.5) is 0 Å². The summed E-state index contributed by atoms with van der Waals surface area (Å²) in [7, 11) is 3.78. The molecule has 0 bridgehead atoms. The molecule has 2 rings (SSSR count). The van der Waals surface area contributed by atoms with E-state index in [1.165, 1.54) is 5.56 Å². The molecule has 114 valence electrons. The maximum absolute atomic E-state index is 9.17. The molecule has 2 aromatic carbocycles. The zero-order valence-corrected chi connectivity index (χ0v) is 13.7. The third-order valence-corrected chi connectivity index (χ3v) is 3.75. The van der Waals surface area contributed by atoms with E-state index in [1.807, 2.05) is 24.3 Å². The fraction of sp³-hybridized carbons (Fsp3) is 0.316. The monoisotopic (exact) mass is 294 g/mol. The zero-order chi connectivity index (χ0) is 16.1. The first kappa shape index (κ1) is 16.1. The first-order valence-corrected chi connectivity index (χ1v) is 7.35. The Hall–Kier alpha value is -2.31. The van der Waals surface area contributed by atoms with Crippen LogP contribution in [0.25, 0.3) is 0 Å². The van der Waals surface area contributed by atoms with E-state index in [1.54, 1.807) is 7.11 Å². The second-order valence-electron chi connectivity index (χ2n) is 5.70. The average molecular weight is 294 g/mol. The van der Waals surface area contributed by atoms with E-state index in [4.69, 9.17) is 10.00 Å². The molecule has 3 nitrogen and oxygen atoms in total. The van der Waals surface area contributed by atoms with E-state index in [-0.39, 0.29) is 0 Å². The lowest BCUT2D eigenvalue weighted by Crippen LogP contribution is -2.18. The van der Waals surface area contributed by atoms with Crippen molar-refractivity contribution in [3.63, 3.8) is 0 Å². The van der Waals surface area contributed by atoms with Crippen LogP contribution >= 0.6 is 0 Å². The van der Waals surface area contributed by atoms with Crippen LogP contribution < -0.4 is 4.74 Å². The Kier molecular flexibility index (Phi) is 5.19. The third kappa shape index (κ3) is 3.66. The summed E-state index contributed by atoms with van der Waals surface area (Å²) >= 11 is 0. The van der Waals surface area contributed by atoms with Crippen LogP contribution in [0, 0.1) is 25.2 Å². The van der Waals surface area contributed by atoms with Gasteiger partial charge in [-0.15, -0.1) is 0 Å². The molecular formula is C19H22N2O. The summed E-state index contributed by atoms with van der Waals surface area (Å²) in [5.41, 5.74) is 5.38. The minimum absolute atomic E-state index is 0.747. The van der Waals surface area contributed by atoms with E-state index < -0.39 is 0 Å². The predicted molar refractivity (Wildman–Crippen MR) is 88.8 cm³/mol. The van der Waals surface area contributed by atoms with Gasteiger partial charge in [0.2, 0.25) is 0 Å². The summed E-state index contributed by atoms with van der Waals surface area (Å²) in [6.45, 7) is 5.74. The smallest absolute Gasteiger partial charge is 0.124 e. The highest BCUT2D eigenvalue weighted by atomic mass is 16.5. The molecule has 0 unspecified atom stereocenters. The Morgan fingerprint density at radius 2 is 1.73 bits per heavy atom. The van der Waals surface area contributed by atoms with Crippen LogP contribution in [0.3, 0.4) is 0 Å². The summed E-state index contributed by atoms with van der Waals surface area (Å²) in [6, 6.07) is 14.3. The predicted octanol–water partition coefficient (Wildman–Crippen LogP) is 3.82. The van der Waals surface area contributed by atoms with Crippen molar-refractivity contribution in [2.75, 3.05) is 14.2 Å². The number of hydrogen-bond acceptors (Lipinski definition) is 3. The van der Waals surface area contributed by atoms with Crippen molar-refractivity contribution in [1.82, 2.24) is 4.90 Å². The largest absolute Gasteiger partial charge is 0.496 e. The number of aryl methyl sites for hydroxylation is 2. The number of benzene rings is 2. The van der Waals surface area contributed by atoms with Gasteiger partial charge in [0, 0.05) is 13.1 Å². The van der Waals surface area contributed by atoms with Gasteiger partial charge in [-0.3, -0.25) is 4.90 Å². The number of rotatable bonds is 5. The topological polar surface area (TPSA) is 36.3 Å². The first-order valence-electron chi connectivity index (χ1n) is 7.35. The lowest BCUT2D eigenvalue weighted by atomic mass is 10.0. The molecule has 0 heterocycles. The Balaban J connectivity index is 2.13. The quantitative estimate of drug-likeness (QED) is 0.841. The molecule has 0 aliphatic carbocycles. The number of methoxy groups -OCH3 is 1. The molecule has 0 amide bonds. The van der Waals surface area contributed by atoms with E-state index in [2.05, 4.69) is 44.0 Å². The van der Waals surface area contributed by atoms with E-state index in [0.717, 1.165) is 41.1 Å². The number of hydrogen-bond donors (Lipinski definition) is 0. The minimum Gasteiger partial charge on any atom is -0.496 e. The van der Waals surface area contributed by atoms with Crippen LogP contribution in [-0.2, 0) is 13.1 Å². The minimum atomic E-state index is 0.747. The van der Waals surface area contributed by atoms with E-state index in [0.29, 0.717) is 0 Å². The van der Waals surface area contributed by atoms with Crippen molar-refractivity contribution in [3.05, 3.63) is 64.2 Å². The summed E-state index contributed by atoms with van der Waals surface area (Å²) < 4.78 is 5.41. The average Bonchev–Trinajstić information content (AvgIpc) is 2.47. The van der Waals surface area contributed by atoms with Gasteiger partial charge in [-0.1, -0.05) is 30.3 Å². The Morgan fingerprint density at radius 3 is 2.32 bits per heavy atom. The van der Waals surface area contributed by atoms with Crippen LogP contribution in [-0.4, -0.2) is 19.1 Å². The molecule has 0 saturated heterocycles. The molecule has 22 heavy (non-hydrogen) atoms. The molecule has 0 N–H and O–H groups in total. The van der Waals surface area contributed by atoms with E-state index >= 15 is 0 Å². The van der Waals surface area contributed by atoms with Gasteiger partial charge in [-0.25, -0.2) is 0 Å². The first-order chi connectivity index (χ1) is 10.5. The highest BCUT2D eigenvalue weighted by Crippen LogP contribution is 2.25. The third-order valence-electron chi connectivity index (χ3n) is 3.75. The molecular weight excluding hydrogens is 272 g/mol. The van der Waals surface area contributed by atoms with Crippen molar-refractivity contribution in [3.8, 4) is 11.8 Å². The normalized spacial score (nSPS) is 10.5. The second kappa shape index (κ2) is 7.11. The lowest BCUT2D eigenvalue weighted by molar-refractivity contribution is 0.318. The lowest BCUT2D eigenvalue weighted by Gasteiger charge is -2.19. The Morgan fingerprint density at radius 1 is 1.09 bits per heavy atom. The standard InChI is InChI=1S/C19H22N2O/c1-14-9-16(10-15(2)19(14)22-4)12-21(3)13-18-8-6-5-7-17(18)11-20/h5-10H,12-13H2,1-4H3. The summed E-state index contributed by atoms with van der Waals surface area (Å²) in [5.74, 6) is 0.959. The fourth-order valence-corrected chi connectivity index (χ4v) is 2.88. The van der Waals surface area contributed by atoms with Crippen LogP contribution in [0.15, 0.2) is 36.4 Å². The van der Waals surface area contributed by atoms with Crippen molar-refractivity contribution in [2.24, 2.45) is 0 Å². The highest BCUT2D eigenvalue weighted by Gasteiger charge is 2.09.